The molecule has 4 rings (SSSR count). The number of nitrogens with zero attached hydrogens (tertiary/aromatic N) is 1. The predicted molar refractivity (Wildman–Crippen MR) is 95.3 cm³/mol. The molecule has 114 valence electrons. The van der Waals surface area contributed by atoms with Crippen molar-refractivity contribution in [3.8, 4) is 17.0 Å². The van der Waals surface area contributed by atoms with Gasteiger partial charge in [0.25, 0.3) is 0 Å². The van der Waals surface area contributed by atoms with Crippen molar-refractivity contribution < 1.29 is 4.74 Å². The van der Waals surface area contributed by atoms with E-state index in [4.69, 9.17) is 21.3 Å². The standard InChI is InChI=1S/C19H15ClN2O/c1-11-19(15-10-13(20)4-7-17(15)21-11)18-6-3-12-9-14(23-2)5-8-16(12)22-18/h3-10,21H,1-2H3. The van der Waals surface area contributed by atoms with Crippen LogP contribution in [0.4, 0.5) is 0 Å². The van der Waals surface area contributed by atoms with E-state index in [1.54, 1.807) is 7.11 Å². The lowest BCUT2D eigenvalue weighted by Crippen LogP contribution is -1.88. The van der Waals surface area contributed by atoms with Gasteiger partial charge in [-0.2, -0.15) is 0 Å². The molecule has 0 saturated carbocycles. The topological polar surface area (TPSA) is 37.9 Å². The molecule has 2 heterocycles. The maximum atomic E-state index is 6.17. The molecule has 4 heteroatoms. The molecule has 4 aromatic rings. The van der Waals surface area contributed by atoms with Gasteiger partial charge in [0, 0.05) is 32.6 Å². The van der Waals surface area contributed by atoms with Crippen LogP contribution in [0, 0.1) is 6.92 Å². The maximum Gasteiger partial charge on any atom is 0.119 e. The van der Waals surface area contributed by atoms with Gasteiger partial charge in [-0.25, -0.2) is 4.98 Å². The van der Waals surface area contributed by atoms with Crippen molar-refractivity contribution in [2.24, 2.45) is 0 Å². The molecule has 0 fully saturated rings. The third-order valence-electron chi connectivity index (χ3n) is 4.10. The quantitative estimate of drug-likeness (QED) is 0.540. The fourth-order valence-corrected chi connectivity index (χ4v) is 3.17. The number of rotatable bonds is 2. The number of hydrogen-bond donors (Lipinski definition) is 1. The van der Waals surface area contributed by atoms with E-state index in [-0.39, 0.29) is 0 Å². The van der Waals surface area contributed by atoms with Gasteiger partial charge in [-0.15, -0.1) is 0 Å². The van der Waals surface area contributed by atoms with Crippen LogP contribution in [0.3, 0.4) is 0 Å². The van der Waals surface area contributed by atoms with Crippen molar-refractivity contribution in [2.75, 3.05) is 7.11 Å². The summed E-state index contributed by atoms with van der Waals surface area (Å²) in [5.41, 5.74) is 5.13. The molecule has 0 spiro atoms. The van der Waals surface area contributed by atoms with Crippen LogP contribution >= 0.6 is 11.6 Å². The monoisotopic (exact) mass is 322 g/mol. The lowest BCUT2D eigenvalue weighted by Gasteiger charge is -2.06. The Bertz CT molecular complexity index is 1040. The number of aromatic amines is 1. The fraction of sp³-hybridized carbons (Fsp3) is 0.105. The Hall–Kier alpha value is -2.52. The Kier molecular flexibility index (Phi) is 3.24. The molecule has 0 aliphatic heterocycles. The van der Waals surface area contributed by atoms with Gasteiger partial charge in [0.2, 0.25) is 0 Å². The van der Waals surface area contributed by atoms with Crippen molar-refractivity contribution in [1.29, 1.82) is 0 Å². The average Bonchev–Trinajstić information content (AvgIpc) is 2.89. The van der Waals surface area contributed by atoms with E-state index in [2.05, 4.69) is 18.0 Å². The third-order valence-corrected chi connectivity index (χ3v) is 4.34. The molecule has 0 atom stereocenters. The summed E-state index contributed by atoms with van der Waals surface area (Å²) in [4.78, 5) is 8.22. The van der Waals surface area contributed by atoms with E-state index in [9.17, 15) is 0 Å². The Labute approximate surface area is 138 Å². The molecule has 0 saturated heterocycles. The molecule has 2 aromatic heterocycles. The van der Waals surface area contributed by atoms with E-state index >= 15 is 0 Å². The van der Waals surface area contributed by atoms with Crippen molar-refractivity contribution >= 4 is 33.4 Å². The number of pyridine rings is 1. The summed E-state index contributed by atoms with van der Waals surface area (Å²) in [6.45, 7) is 2.06. The molecule has 3 nitrogen and oxygen atoms in total. The smallest absolute Gasteiger partial charge is 0.119 e. The molecule has 1 N–H and O–H groups in total. The van der Waals surface area contributed by atoms with Gasteiger partial charge < -0.3 is 9.72 Å². The zero-order valence-electron chi connectivity index (χ0n) is 12.9. The van der Waals surface area contributed by atoms with E-state index in [0.29, 0.717) is 0 Å². The molecule has 2 aromatic carbocycles. The first-order valence-corrected chi connectivity index (χ1v) is 7.76. The summed E-state index contributed by atoms with van der Waals surface area (Å²) in [6, 6.07) is 15.9. The molecule has 23 heavy (non-hydrogen) atoms. The summed E-state index contributed by atoms with van der Waals surface area (Å²) >= 11 is 6.17. The average molecular weight is 323 g/mol. The van der Waals surface area contributed by atoms with E-state index < -0.39 is 0 Å². The lowest BCUT2D eigenvalue weighted by atomic mass is 10.1. The second kappa shape index (κ2) is 5.28. The minimum Gasteiger partial charge on any atom is -0.497 e. The van der Waals surface area contributed by atoms with Gasteiger partial charge in [0.1, 0.15) is 5.75 Å². The fourth-order valence-electron chi connectivity index (χ4n) is 3.00. The SMILES string of the molecule is COc1ccc2nc(-c3c(C)[nH]c4ccc(Cl)cc34)ccc2c1. The normalized spacial score (nSPS) is 11.3. The van der Waals surface area contributed by atoms with Crippen LogP contribution in [0.1, 0.15) is 5.69 Å². The van der Waals surface area contributed by atoms with Crippen LogP contribution in [-0.2, 0) is 0 Å². The minimum atomic E-state index is 0.725. The van der Waals surface area contributed by atoms with Gasteiger partial charge in [-0.3, -0.25) is 0 Å². The maximum absolute atomic E-state index is 6.17. The molecule has 0 unspecified atom stereocenters. The van der Waals surface area contributed by atoms with Gasteiger partial charge in [0.15, 0.2) is 0 Å². The van der Waals surface area contributed by atoms with Crippen molar-refractivity contribution in [3.63, 3.8) is 0 Å². The van der Waals surface area contributed by atoms with Crippen LogP contribution in [0.5, 0.6) is 5.75 Å². The molecule has 0 aliphatic rings. The highest BCUT2D eigenvalue weighted by Gasteiger charge is 2.13. The molecule has 0 aliphatic carbocycles. The number of aromatic nitrogens is 2. The summed E-state index contributed by atoms with van der Waals surface area (Å²) in [5.74, 6) is 0.835. The first kappa shape index (κ1) is 14.1. The number of ether oxygens (including phenoxy) is 1. The summed E-state index contributed by atoms with van der Waals surface area (Å²) < 4.78 is 5.27. The molecule has 0 bridgehead atoms. The number of fused-ring (bicyclic) bond motifs is 2. The second-order valence-corrected chi connectivity index (χ2v) is 6.01. The molecule has 0 radical (unpaired) electrons. The molecule has 0 amide bonds. The molecular weight excluding hydrogens is 308 g/mol. The van der Waals surface area contributed by atoms with Gasteiger partial charge in [-0.05, 0) is 49.4 Å². The third kappa shape index (κ3) is 2.34. The highest BCUT2D eigenvalue weighted by molar-refractivity contribution is 6.31. The second-order valence-electron chi connectivity index (χ2n) is 5.57. The zero-order valence-corrected chi connectivity index (χ0v) is 13.6. The van der Waals surface area contributed by atoms with Crippen LogP contribution < -0.4 is 4.74 Å². The predicted octanol–water partition coefficient (Wildman–Crippen LogP) is 5.35. The number of halogens is 1. The van der Waals surface area contributed by atoms with Crippen molar-refractivity contribution in [1.82, 2.24) is 9.97 Å². The number of methoxy groups -OCH3 is 1. The van der Waals surface area contributed by atoms with Crippen LogP contribution in [0.25, 0.3) is 33.1 Å². The Morgan fingerprint density at radius 3 is 2.74 bits per heavy atom. The summed E-state index contributed by atoms with van der Waals surface area (Å²) in [7, 11) is 1.67. The largest absolute Gasteiger partial charge is 0.497 e. The number of nitrogens with one attached hydrogen (secondary N) is 1. The summed E-state index contributed by atoms with van der Waals surface area (Å²) in [6.07, 6.45) is 0. The minimum absolute atomic E-state index is 0.725. The van der Waals surface area contributed by atoms with E-state index in [1.807, 2.05) is 42.5 Å². The number of H-pyrrole nitrogens is 1. The Morgan fingerprint density at radius 2 is 1.91 bits per heavy atom. The van der Waals surface area contributed by atoms with E-state index in [1.165, 1.54) is 0 Å². The van der Waals surface area contributed by atoms with Gasteiger partial charge in [-0.1, -0.05) is 17.7 Å². The highest BCUT2D eigenvalue weighted by atomic mass is 35.5. The summed E-state index contributed by atoms with van der Waals surface area (Å²) in [5, 5.41) is 2.88. The lowest BCUT2D eigenvalue weighted by molar-refractivity contribution is 0.415. The molecular formula is C19H15ClN2O. The zero-order chi connectivity index (χ0) is 16.0. The number of hydrogen-bond acceptors (Lipinski definition) is 2. The number of benzene rings is 2. The van der Waals surface area contributed by atoms with Gasteiger partial charge in [0.05, 0.1) is 18.3 Å². The van der Waals surface area contributed by atoms with Crippen molar-refractivity contribution in [2.45, 2.75) is 6.92 Å². The van der Waals surface area contributed by atoms with Crippen LogP contribution in [-0.4, -0.2) is 17.1 Å². The Balaban J connectivity index is 1.95. The van der Waals surface area contributed by atoms with E-state index in [0.717, 1.165) is 49.5 Å². The van der Waals surface area contributed by atoms with Crippen LogP contribution in [0.2, 0.25) is 5.02 Å². The Morgan fingerprint density at radius 1 is 1.04 bits per heavy atom. The van der Waals surface area contributed by atoms with Crippen LogP contribution in [0.15, 0.2) is 48.5 Å². The number of aryl methyl sites for hydroxylation is 1. The van der Waals surface area contributed by atoms with Gasteiger partial charge >= 0.3 is 0 Å². The first-order valence-electron chi connectivity index (χ1n) is 7.39. The highest BCUT2D eigenvalue weighted by Crippen LogP contribution is 2.33. The van der Waals surface area contributed by atoms with Crippen molar-refractivity contribution in [3.05, 3.63) is 59.2 Å². The first-order chi connectivity index (χ1) is 11.2.